The highest BCUT2D eigenvalue weighted by atomic mass is 32.1. The monoisotopic (exact) mass is 232 g/mol. The van der Waals surface area contributed by atoms with Crippen LogP contribution in [0.4, 0.5) is 5.95 Å². The molecule has 1 heterocycles. The van der Waals surface area contributed by atoms with Crippen molar-refractivity contribution in [3.8, 4) is 5.69 Å². The van der Waals surface area contributed by atoms with Crippen LogP contribution in [0, 0.1) is 18.6 Å². The molecule has 0 saturated heterocycles. The summed E-state index contributed by atoms with van der Waals surface area (Å²) in [6.45, 7) is 4.06. The topological polar surface area (TPSA) is 56.7 Å². The maximum atomic E-state index is 5.48. The lowest BCUT2D eigenvalue weighted by Crippen LogP contribution is -2.07. The molecule has 0 bridgehead atoms. The van der Waals surface area contributed by atoms with Crippen LogP contribution in [0.2, 0.25) is 0 Å². The molecule has 0 spiro atoms. The molecule has 0 fully saturated rings. The van der Waals surface area contributed by atoms with Gasteiger partial charge in [-0.05, 0) is 37.2 Å². The zero-order valence-corrected chi connectivity index (χ0v) is 9.95. The second-order valence-corrected chi connectivity index (χ2v) is 3.97. The summed E-state index contributed by atoms with van der Waals surface area (Å²) >= 11 is 5.17. The predicted molar refractivity (Wildman–Crippen MR) is 66.1 cm³/mol. The van der Waals surface area contributed by atoms with E-state index in [0.717, 1.165) is 16.8 Å². The third-order valence-corrected chi connectivity index (χ3v) is 2.69. The third kappa shape index (κ3) is 1.81. The SMILES string of the molecule is Cc1cccc(C)c1-n1cnc(N)nc1=S. The van der Waals surface area contributed by atoms with E-state index in [1.54, 1.807) is 10.9 Å². The Morgan fingerprint density at radius 2 is 1.88 bits per heavy atom. The average Bonchev–Trinajstić information content (AvgIpc) is 2.20. The number of aromatic nitrogens is 3. The van der Waals surface area contributed by atoms with Crippen molar-refractivity contribution in [2.75, 3.05) is 5.73 Å². The van der Waals surface area contributed by atoms with Crippen molar-refractivity contribution >= 4 is 18.2 Å². The second-order valence-electron chi connectivity index (χ2n) is 3.61. The third-order valence-electron chi connectivity index (χ3n) is 2.40. The zero-order chi connectivity index (χ0) is 11.7. The van der Waals surface area contributed by atoms with Crippen molar-refractivity contribution in [1.82, 2.24) is 14.5 Å². The summed E-state index contributed by atoms with van der Waals surface area (Å²) < 4.78 is 2.20. The lowest BCUT2D eigenvalue weighted by molar-refractivity contribution is 0.889. The zero-order valence-electron chi connectivity index (χ0n) is 9.14. The van der Waals surface area contributed by atoms with Gasteiger partial charge in [-0.1, -0.05) is 18.2 Å². The van der Waals surface area contributed by atoms with Crippen molar-refractivity contribution in [2.24, 2.45) is 0 Å². The number of nitrogen functional groups attached to an aromatic ring is 1. The first-order valence-electron chi connectivity index (χ1n) is 4.87. The van der Waals surface area contributed by atoms with Crippen molar-refractivity contribution in [1.29, 1.82) is 0 Å². The van der Waals surface area contributed by atoms with Gasteiger partial charge in [0, 0.05) is 0 Å². The smallest absolute Gasteiger partial charge is 0.224 e. The molecule has 0 unspecified atom stereocenters. The molecule has 0 amide bonds. The van der Waals surface area contributed by atoms with Gasteiger partial charge < -0.3 is 5.73 Å². The Morgan fingerprint density at radius 3 is 2.44 bits per heavy atom. The second kappa shape index (κ2) is 4.02. The summed E-state index contributed by atoms with van der Waals surface area (Å²) in [6.07, 6.45) is 1.61. The Bertz CT molecular complexity index is 569. The number of benzene rings is 1. The van der Waals surface area contributed by atoms with E-state index in [9.17, 15) is 0 Å². The van der Waals surface area contributed by atoms with E-state index in [1.807, 2.05) is 32.0 Å². The van der Waals surface area contributed by atoms with E-state index in [2.05, 4.69) is 9.97 Å². The Labute approximate surface area is 98.8 Å². The number of para-hydroxylation sites is 1. The molecule has 0 saturated carbocycles. The molecular formula is C11H12N4S. The van der Waals surface area contributed by atoms with Crippen LogP contribution < -0.4 is 5.73 Å². The van der Waals surface area contributed by atoms with Gasteiger partial charge in [0.2, 0.25) is 10.7 Å². The van der Waals surface area contributed by atoms with Gasteiger partial charge in [-0.3, -0.25) is 4.57 Å². The van der Waals surface area contributed by atoms with Crippen molar-refractivity contribution in [3.63, 3.8) is 0 Å². The number of aryl methyl sites for hydroxylation is 2. The molecule has 0 radical (unpaired) electrons. The first-order valence-corrected chi connectivity index (χ1v) is 5.28. The van der Waals surface area contributed by atoms with E-state index in [0.29, 0.717) is 4.77 Å². The summed E-state index contributed by atoms with van der Waals surface area (Å²) in [5.74, 6) is 0.201. The molecule has 0 aliphatic rings. The molecule has 4 nitrogen and oxygen atoms in total. The molecule has 1 aromatic carbocycles. The maximum Gasteiger partial charge on any atom is 0.224 e. The van der Waals surface area contributed by atoms with Gasteiger partial charge in [0.25, 0.3) is 0 Å². The van der Waals surface area contributed by atoms with Crippen LogP contribution in [0.15, 0.2) is 24.5 Å². The average molecular weight is 232 g/mol. The van der Waals surface area contributed by atoms with Crippen LogP contribution in [0.25, 0.3) is 5.69 Å². The summed E-state index contributed by atoms with van der Waals surface area (Å²) in [7, 11) is 0. The van der Waals surface area contributed by atoms with Crippen LogP contribution in [0.1, 0.15) is 11.1 Å². The lowest BCUT2D eigenvalue weighted by atomic mass is 10.1. The van der Waals surface area contributed by atoms with Gasteiger partial charge in [-0.25, -0.2) is 4.98 Å². The quantitative estimate of drug-likeness (QED) is 0.766. The van der Waals surface area contributed by atoms with E-state index in [1.165, 1.54) is 0 Å². The molecule has 2 aromatic rings. The Kier molecular flexibility index (Phi) is 2.70. The molecule has 1 aromatic heterocycles. The Balaban J connectivity index is 2.73. The molecule has 82 valence electrons. The molecule has 16 heavy (non-hydrogen) atoms. The fraction of sp³-hybridized carbons (Fsp3) is 0.182. The molecular weight excluding hydrogens is 220 g/mol. The fourth-order valence-electron chi connectivity index (χ4n) is 1.69. The molecule has 5 heteroatoms. The molecule has 2 rings (SSSR count). The van der Waals surface area contributed by atoms with Gasteiger partial charge >= 0.3 is 0 Å². The van der Waals surface area contributed by atoms with Crippen LogP contribution in [-0.2, 0) is 0 Å². The summed E-state index contributed by atoms with van der Waals surface area (Å²) in [5.41, 5.74) is 8.76. The van der Waals surface area contributed by atoms with Gasteiger partial charge in [-0.2, -0.15) is 4.98 Å². The number of rotatable bonds is 1. The van der Waals surface area contributed by atoms with Gasteiger partial charge in [-0.15, -0.1) is 0 Å². The highest BCUT2D eigenvalue weighted by molar-refractivity contribution is 7.71. The van der Waals surface area contributed by atoms with E-state index >= 15 is 0 Å². The molecule has 0 atom stereocenters. The largest absolute Gasteiger partial charge is 0.368 e. The first-order chi connectivity index (χ1) is 7.59. The van der Waals surface area contributed by atoms with Crippen LogP contribution >= 0.6 is 12.2 Å². The van der Waals surface area contributed by atoms with Crippen molar-refractivity contribution < 1.29 is 0 Å². The van der Waals surface area contributed by atoms with Gasteiger partial charge in [0.15, 0.2) is 0 Å². The standard InChI is InChI=1S/C11H12N4S/c1-7-4-3-5-8(2)9(7)15-6-13-10(12)14-11(15)16/h3-6H,1-2H3,(H2,12,14,16). The van der Waals surface area contributed by atoms with Crippen LogP contribution in [0.5, 0.6) is 0 Å². The van der Waals surface area contributed by atoms with Crippen molar-refractivity contribution in [3.05, 3.63) is 40.4 Å². The Morgan fingerprint density at radius 1 is 1.25 bits per heavy atom. The normalized spacial score (nSPS) is 10.4. The lowest BCUT2D eigenvalue weighted by Gasteiger charge is -2.12. The summed E-state index contributed by atoms with van der Waals surface area (Å²) in [4.78, 5) is 7.94. The van der Waals surface area contributed by atoms with E-state index in [4.69, 9.17) is 18.0 Å². The maximum absolute atomic E-state index is 5.48. The fourth-order valence-corrected chi connectivity index (χ4v) is 1.92. The van der Waals surface area contributed by atoms with Gasteiger partial charge in [0.1, 0.15) is 6.33 Å². The molecule has 0 aliphatic heterocycles. The summed E-state index contributed by atoms with van der Waals surface area (Å²) in [6, 6.07) is 6.07. The number of anilines is 1. The molecule has 2 N–H and O–H groups in total. The predicted octanol–water partition coefficient (Wildman–Crippen LogP) is 2.20. The van der Waals surface area contributed by atoms with E-state index < -0.39 is 0 Å². The highest BCUT2D eigenvalue weighted by Gasteiger charge is 2.05. The minimum absolute atomic E-state index is 0.201. The number of nitrogens with zero attached hydrogens (tertiary/aromatic N) is 3. The van der Waals surface area contributed by atoms with Crippen molar-refractivity contribution in [2.45, 2.75) is 13.8 Å². The van der Waals surface area contributed by atoms with E-state index in [-0.39, 0.29) is 5.95 Å². The minimum Gasteiger partial charge on any atom is -0.368 e. The molecule has 0 aliphatic carbocycles. The summed E-state index contributed by atoms with van der Waals surface area (Å²) in [5, 5.41) is 0. The number of nitrogens with two attached hydrogens (primary N) is 1. The first kappa shape index (κ1) is 10.8. The van der Waals surface area contributed by atoms with Gasteiger partial charge in [0.05, 0.1) is 5.69 Å². The number of hydrogen-bond acceptors (Lipinski definition) is 4. The highest BCUT2D eigenvalue weighted by Crippen LogP contribution is 2.18. The van der Waals surface area contributed by atoms with Crippen LogP contribution in [-0.4, -0.2) is 14.5 Å². The minimum atomic E-state index is 0.201. The number of hydrogen-bond donors (Lipinski definition) is 1. The van der Waals surface area contributed by atoms with Crippen LogP contribution in [0.3, 0.4) is 0 Å². The Hall–Kier alpha value is -1.75.